The lowest BCUT2D eigenvalue weighted by Crippen LogP contribution is -2.45. The first kappa shape index (κ1) is 22.2. The van der Waals surface area contributed by atoms with E-state index in [9.17, 15) is 13.2 Å². The Kier molecular flexibility index (Phi) is 7.12. The number of halogens is 1. The molecule has 0 bridgehead atoms. The summed E-state index contributed by atoms with van der Waals surface area (Å²) < 4.78 is 27.9. The molecule has 0 aromatic heterocycles. The summed E-state index contributed by atoms with van der Waals surface area (Å²) in [5.41, 5.74) is 1.94. The number of hydrogen-bond donors (Lipinski definition) is 1. The molecular weight excluding hydrogens is 396 g/mol. The van der Waals surface area contributed by atoms with Crippen LogP contribution < -0.4 is 9.62 Å². The van der Waals surface area contributed by atoms with Crippen molar-refractivity contribution in [2.75, 3.05) is 10.8 Å². The van der Waals surface area contributed by atoms with Gasteiger partial charge in [0.05, 0.1) is 10.6 Å². The minimum absolute atomic E-state index is 0.0723. The molecule has 0 saturated carbocycles. The molecule has 1 N–H and O–H groups in total. The Labute approximate surface area is 172 Å². The number of rotatable bonds is 7. The largest absolute Gasteiger partial charge is 0.352 e. The zero-order chi connectivity index (χ0) is 21.1. The molecule has 0 saturated heterocycles. The Bertz CT molecular complexity index is 941. The van der Waals surface area contributed by atoms with Gasteiger partial charge in [0.2, 0.25) is 5.91 Å². The monoisotopic (exact) mass is 422 g/mol. The van der Waals surface area contributed by atoms with E-state index in [4.69, 9.17) is 11.6 Å². The van der Waals surface area contributed by atoms with Gasteiger partial charge in [-0.1, -0.05) is 49.2 Å². The van der Waals surface area contributed by atoms with Gasteiger partial charge in [0.1, 0.15) is 6.54 Å². The second-order valence-corrected chi connectivity index (χ2v) is 9.58. The Morgan fingerprint density at radius 1 is 1.07 bits per heavy atom. The zero-order valence-corrected chi connectivity index (χ0v) is 18.4. The molecule has 28 heavy (non-hydrogen) atoms. The van der Waals surface area contributed by atoms with Crippen molar-refractivity contribution >= 4 is 33.2 Å². The number of sulfonamides is 1. The van der Waals surface area contributed by atoms with Crippen molar-refractivity contribution in [2.24, 2.45) is 5.92 Å². The van der Waals surface area contributed by atoms with Crippen molar-refractivity contribution in [1.29, 1.82) is 0 Å². The van der Waals surface area contributed by atoms with Gasteiger partial charge >= 0.3 is 0 Å². The number of nitrogens with zero attached hydrogens (tertiary/aromatic N) is 1. The lowest BCUT2D eigenvalue weighted by molar-refractivity contribution is -0.120. The molecule has 2 aromatic rings. The van der Waals surface area contributed by atoms with Gasteiger partial charge in [-0.25, -0.2) is 8.42 Å². The molecule has 0 fully saturated rings. The predicted molar refractivity (Wildman–Crippen MR) is 114 cm³/mol. The van der Waals surface area contributed by atoms with Crippen molar-refractivity contribution in [3.63, 3.8) is 0 Å². The summed E-state index contributed by atoms with van der Waals surface area (Å²) in [7, 11) is -3.95. The molecule has 0 unspecified atom stereocenters. The third-order valence-corrected chi connectivity index (χ3v) is 6.98. The molecule has 1 amide bonds. The van der Waals surface area contributed by atoms with E-state index in [2.05, 4.69) is 5.32 Å². The summed E-state index contributed by atoms with van der Waals surface area (Å²) in [6, 6.07) is 11.5. The Balaban J connectivity index is 2.48. The van der Waals surface area contributed by atoms with Crippen LogP contribution in [0.4, 0.5) is 5.69 Å². The molecule has 0 heterocycles. The quantitative estimate of drug-likeness (QED) is 0.722. The van der Waals surface area contributed by atoms with Crippen LogP contribution in [0.15, 0.2) is 47.4 Å². The Morgan fingerprint density at radius 2 is 1.68 bits per heavy atom. The maximum Gasteiger partial charge on any atom is 0.264 e. The van der Waals surface area contributed by atoms with Crippen LogP contribution in [0.5, 0.6) is 0 Å². The summed E-state index contributed by atoms with van der Waals surface area (Å²) in [6.07, 6.45) is 0. The molecule has 0 radical (unpaired) electrons. The summed E-state index contributed by atoms with van der Waals surface area (Å²) in [5, 5.41) is 3.31. The summed E-state index contributed by atoms with van der Waals surface area (Å²) in [4.78, 5) is 12.7. The standard InChI is InChI=1S/C21H27ClN2O3S/c1-14(2)17(5)23-21(25)13-24(20-8-6-7-19(22)16(20)4)28(26,27)18-11-9-15(3)10-12-18/h6-12,14,17H,13H2,1-5H3,(H,23,25)/t17-/m0/s1. The molecule has 152 valence electrons. The summed E-state index contributed by atoms with van der Waals surface area (Å²) in [6.45, 7) is 9.18. The first-order valence-electron chi connectivity index (χ1n) is 9.18. The van der Waals surface area contributed by atoms with Gasteiger partial charge in [0.15, 0.2) is 0 Å². The zero-order valence-electron chi connectivity index (χ0n) is 16.9. The molecule has 2 aromatic carbocycles. The molecular formula is C21H27ClN2O3S. The normalized spacial score (nSPS) is 12.7. The second kappa shape index (κ2) is 8.97. The van der Waals surface area contributed by atoms with Gasteiger partial charge in [-0.2, -0.15) is 0 Å². The SMILES string of the molecule is Cc1ccc(S(=O)(=O)N(CC(=O)N[C@@H](C)C(C)C)c2cccc(Cl)c2C)cc1. The smallest absolute Gasteiger partial charge is 0.264 e. The number of hydrogen-bond acceptors (Lipinski definition) is 3. The van der Waals surface area contributed by atoms with Gasteiger partial charge in [0.25, 0.3) is 10.0 Å². The van der Waals surface area contributed by atoms with E-state index in [1.807, 2.05) is 27.7 Å². The molecule has 0 spiro atoms. The molecule has 2 rings (SSSR count). The highest BCUT2D eigenvalue weighted by Gasteiger charge is 2.29. The van der Waals surface area contributed by atoms with Crippen molar-refractivity contribution in [2.45, 2.75) is 45.6 Å². The molecule has 7 heteroatoms. The van der Waals surface area contributed by atoms with Gasteiger partial charge in [-0.05, 0) is 56.5 Å². The highest BCUT2D eigenvalue weighted by Crippen LogP contribution is 2.30. The van der Waals surface area contributed by atoms with E-state index in [1.165, 1.54) is 0 Å². The first-order chi connectivity index (χ1) is 13.0. The van der Waals surface area contributed by atoms with Gasteiger partial charge in [0, 0.05) is 11.1 Å². The van der Waals surface area contributed by atoms with Gasteiger partial charge in [-0.3, -0.25) is 9.10 Å². The molecule has 1 atom stereocenters. The van der Waals surface area contributed by atoms with Crippen molar-refractivity contribution in [3.05, 3.63) is 58.6 Å². The van der Waals surface area contributed by atoms with Crippen LogP contribution in [0, 0.1) is 19.8 Å². The molecule has 0 aliphatic carbocycles. The average Bonchev–Trinajstić information content (AvgIpc) is 2.62. The van der Waals surface area contributed by atoms with E-state index in [0.717, 1.165) is 9.87 Å². The van der Waals surface area contributed by atoms with Crippen LogP contribution in [-0.4, -0.2) is 26.9 Å². The molecule has 0 aliphatic rings. The van der Waals surface area contributed by atoms with Crippen molar-refractivity contribution in [3.8, 4) is 0 Å². The van der Waals surface area contributed by atoms with E-state index in [-0.39, 0.29) is 29.3 Å². The highest BCUT2D eigenvalue weighted by molar-refractivity contribution is 7.92. The van der Waals surface area contributed by atoms with Gasteiger partial charge in [-0.15, -0.1) is 0 Å². The topological polar surface area (TPSA) is 66.5 Å². The maximum absolute atomic E-state index is 13.4. The second-order valence-electron chi connectivity index (χ2n) is 7.31. The van der Waals surface area contributed by atoms with E-state index >= 15 is 0 Å². The number of aryl methyl sites for hydroxylation is 1. The number of benzene rings is 2. The lowest BCUT2D eigenvalue weighted by atomic mass is 10.1. The summed E-state index contributed by atoms with van der Waals surface area (Å²) >= 11 is 6.22. The van der Waals surface area contributed by atoms with Crippen LogP contribution in [0.1, 0.15) is 31.9 Å². The minimum Gasteiger partial charge on any atom is -0.352 e. The third-order valence-electron chi connectivity index (χ3n) is 4.79. The van der Waals surface area contributed by atoms with Crippen molar-refractivity contribution < 1.29 is 13.2 Å². The fourth-order valence-corrected chi connectivity index (χ4v) is 4.25. The van der Waals surface area contributed by atoms with E-state index in [1.54, 1.807) is 49.4 Å². The van der Waals surface area contributed by atoms with Crippen molar-refractivity contribution in [1.82, 2.24) is 5.32 Å². The van der Waals surface area contributed by atoms with Crippen LogP contribution in [0.3, 0.4) is 0 Å². The van der Waals surface area contributed by atoms with E-state index in [0.29, 0.717) is 16.3 Å². The van der Waals surface area contributed by atoms with Gasteiger partial charge < -0.3 is 5.32 Å². The van der Waals surface area contributed by atoms with Crippen LogP contribution >= 0.6 is 11.6 Å². The molecule has 0 aliphatic heterocycles. The number of carbonyl (C=O) groups excluding carboxylic acids is 1. The number of anilines is 1. The Morgan fingerprint density at radius 3 is 2.25 bits per heavy atom. The highest BCUT2D eigenvalue weighted by atomic mass is 35.5. The lowest BCUT2D eigenvalue weighted by Gasteiger charge is -2.27. The predicted octanol–water partition coefficient (Wildman–Crippen LogP) is 4.31. The minimum atomic E-state index is -3.95. The fraction of sp³-hybridized carbons (Fsp3) is 0.381. The number of nitrogens with one attached hydrogen (secondary N) is 1. The number of carbonyl (C=O) groups is 1. The molecule has 5 nitrogen and oxygen atoms in total. The van der Waals surface area contributed by atoms with E-state index < -0.39 is 10.0 Å². The third kappa shape index (κ3) is 5.06. The first-order valence-corrected chi connectivity index (χ1v) is 11.0. The number of amides is 1. The fourth-order valence-electron chi connectivity index (χ4n) is 2.60. The van der Waals surface area contributed by atoms with Crippen LogP contribution in [0.25, 0.3) is 0 Å². The maximum atomic E-state index is 13.4. The average molecular weight is 423 g/mol. The Hall–Kier alpha value is -2.05. The van der Waals surface area contributed by atoms with Crippen LogP contribution in [-0.2, 0) is 14.8 Å². The summed E-state index contributed by atoms with van der Waals surface area (Å²) in [5.74, 6) is -0.129. The van der Waals surface area contributed by atoms with Crippen LogP contribution in [0.2, 0.25) is 5.02 Å².